The quantitative estimate of drug-likeness (QED) is 0.0222. The lowest BCUT2D eigenvalue weighted by Gasteiger charge is -2.21. The van der Waals surface area contributed by atoms with Gasteiger partial charge in [0.15, 0.2) is 12.2 Å². The number of carbonyl (C=O) groups excluding carboxylic acids is 4. The Hall–Kier alpha value is -1.94. The Morgan fingerprint density at radius 2 is 0.510 bits per heavy atom. The molecule has 3 N–H and O–H groups in total. The van der Waals surface area contributed by atoms with Crippen molar-refractivity contribution in [3.63, 3.8) is 0 Å². The molecule has 0 aromatic carbocycles. The van der Waals surface area contributed by atoms with Crippen molar-refractivity contribution in [2.75, 3.05) is 39.6 Å². The third-order valence-electron chi connectivity index (χ3n) is 19.3. The smallest absolute Gasteiger partial charge is 0.462 e. The monoisotopic (exact) mass is 1470 g/mol. The zero-order valence-electron chi connectivity index (χ0n) is 65.5. The van der Waals surface area contributed by atoms with E-state index in [9.17, 15) is 43.2 Å². The topological polar surface area (TPSA) is 237 Å². The Kier molecular flexibility index (Phi) is 71.2. The highest BCUT2D eigenvalue weighted by molar-refractivity contribution is 7.47. The second-order valence-corrected chi connectivity index (χ2v) is 32.8. The molecule has 0 fully saturated rings. The zero-order chi connectivity index (χ0) is 73.5. The average Bonchev–Trinajstić information content (AvgIpc) is 0.919. The summed E-state index contributed by atoms with van der Waals surface area (Å²) in [6, 6.07) is 0. The maximum Gasteiger partial charge on any atom is 0.472 e. The van der Waals surface area contributed by atoms with Crippen molar-refractivity contribution in [1.29, 1.82) is 0 Å². The summed E-state index contributed by atoms with van der Waals surface area (Å²) >= 11 is 0. The molecule has 0 aromatic heterocycles. The SMILES string of the molecule is CCCCCCCCCCCCCCCCCC(=O)O[C@H](COC(=O)CCCCCCC)COP(=O)(O)OC[C@H](O)COP(=O)(O)OC[C@@H](COC(=O)CCCCCCCCCCCCCCCCCC(C)C)OC(=O)CCCCCCCCCCCCCCCCCCCCC(C)CC. The van der Waals surface area contributed by atoms with E-state index in [0.717, 1.165) is 108 Å². The zero-order valence-corrected chi connectivity index (χ0v) is 67.3. The van der Waals surface area contributed by atoms with Crippen LogP contribution >= 0.6 is 15.6 Å². The van der Waals surface area contributed by atoms with Crippen LogP contribution < -0.4 is 0 Å². The van der Waals surface area contributed by atoms with E-state index < -0.39 is 97.5 Å². The van der Waals surface area contributed by atoms with Gasteiger partial charge in [-0.25, -0.2) is 9.13 Å². The highest BCUT2D eigenvalue weighted by Crippen LogP contribution is 2.45. The number of phosphoric ester groups is 2. The van der Waals surface area contributed by atoms with Crippen LogP contribution in [0.5, 0.6) is 0 Å². The summed E-state index contributed by atoms with van der Waals surface area (Å²) in [5, 5.41) is 10.6. The summed E-state index contributed by atoms with van der Waals surface area (Å²) < 4.78 is 68.5. The molecule has 100 heavy (non-hydrogen) atoms. The molecular weight excluding hydrogens is 1310 g/mol. The van der Waals surface area contributed by atoms with Gasteiger partial charge in [0, 0.05) is 25.7 Å². The molecule has 0 aliphatic rings. The van der Waals surface area contributed by atoms with Gasteiger partial charge in [0.05, 0.1) is 26.4 Å². The van der Waals surface area contributed by atoms with Gasteiger partial charge in [-0.1, -0.05) is 375 Å². The van der Waals surface area contributed by atoms with E-state index in [1.165, 1.54) is 238 Å². The van der Waals surface area contributed by atoms with Gasteiger partial charge in [0.25, 0.3) is 0 Å². The van der Waals surface area contributed by atoms with Gasteiger partial charge in [0.1, 0.15) is 19.3 Å². The van der Waals surface area contributed by atoms with E-state index in [0.29, 0.717) is 25.7 Å². The number of phosphoric acid groups is 2. The molecule has 17 nitrogen and oxygen atoms in total. The molecule has 19 heteroatoms. The molecule has 0 aromatic rings. The first-order chi connectivity index (χ1) is 48.4. The van der Waals surface area contributed by atoms with E-state index in [1.807, 2.05) is 0 Å². The third-order valence-corrected chi connectivity index (χ3v) is 21.2. The summed E-state index contributed by atoms with van der Waals surface area (Å²) in [6.45, 7) is 9.64. The van der Waals surface area contributed by atoms with Crippen LogP contribution in [0.4, 0.5) is 0 Å². The first kappa shape index (κ1) is 98.1. The van der Waals surface area contributed by atoms with Gasteiger partial charge in [-0.2, -0.15) is 0 Å². The van der Waals surface area contributed by atoms with E-state index >= 15 is 0 Å². The Balaban J connectivity index is 5.12. The van der Waals surface area contributed by atoms with E-state index in [2.05, 4.69) is 41.5 Å². The van der Waals surface area contributed by atoms with Crippen LogP contribution in [0.15, 0.2) is 0 Å². The third kappa shape index (κ3) is 73.0. The molecule has 0 radical (unpaired) electrons. The van der Waals surface area contributed by atoms with Crippen molar-refractivity contribution < 1.29 is 80.2 Å². The molecule has 0 saturated carbocycles. The summed E-state index contributed by atoms with van der Waals surface area (Å²) in [5.41, 5.74) is 0. The molecule has 0 spiro atoms. The first-order valence-electron chi connectivity index (χ1n) is 42.0. The minimum atomic E-state index is -4.96. The molecule has 3 unspecified atom stereocenters. The second kappa shape index (κ2) is 72.6. The van der Waals surface area contributed by atoms with Crippen molar-refractivity contribution in [3.8, 4) is 0 Å². The Labute approximate surface area is 613 Å². The number of hydrogen-bond donors (Lipinski definition) is 3. The fraction of sp³-hybridized carbons (Fsp3) is 0.951. The van der Waals surface area contributed by atoms with Crippen LogP contribution in [-0.4, -0.2) is 96.7 Å². The number of carbonyl (C=O) groups is 4. The Bertz CT molecular complexity index is 1930. The van der Waals surface area contributed by atoms with Crippen LogP contribution in [0.2, 0.25) is 0 Å². The summed E-state index contributed by atoms with van der Waals surface area (Å²) in [6.07, 6.45) is 62.9. The number of esters is 4. The van der Waals surface area contributed by atoms with Crippen LogP contribution in [-0.2, 0) is 65.4 Å². The Morgan fingerprint density at radius 1 is 0.290 bits per heavy atom. The maximum absolute atomic E-state index is 13.1. The van der Waals surface area contributed by atoms with Crippen molar-refractivity contribution in [2.45, 2.75) is 445 Å². The van der Waals surface area contributed by atoms with Crippen LogP contribution in [0.3, 0.4) is 0 Å². The van der Waals surface area contributed by atoms with Gasteiger partial charge < -0.3 is 33.8 Å². The molecular formula is C81H158O17P2. The second-order valence-electron chi connectivity index (χ2n) is 29.9. The van der Waals surface area contributed by atoms with E-state index in [4.69, 9.17) is 37.0 Å². The number of unbranched alkanes of at least 4 members (excludes halogenated alkanes) is 49. The highest BCUT2D eigenvalue weighted by atomic mass is 31.2. The summed E-state index contributed by atoms with van der Waals surface area (Å²) in [5.74, 6) is -0.442. The lowest BCUT2D eigenvalue weighted by atomic mass is 9.99. The molecule has 0 aliphatic heterocycles. The van der Waals surface area contributed by atoms with Gasteiger partial charge in [-0.15, -0.1) is 0 Å². The van der Waals surface area contributed by atoms with Crippen molar-refractivity contribution in [1.82, 2.24) is 0 Å². The first-order valence-corrected chi connectivity index (χ1v) is 45.0. The van der Waals surface area contributed by atoms with Gasteiger partial charge in [-0.05, 0) is 37.5 Å². The summed E-state index contributed by atoms with van der Waals surface area (Å²) in [7, 11) is -9.91. The molecule has 0 heterocycles. The fourth-order valence-electron chi connectivity index (χ4n) is 12.5. The minimum absolute atomic E-state index is 0.107. The lowest BCUT2D eigenvalue weighted by molar-refractivity contribution is -0.161. The lowest BCUT2D eigenvalue weighted by Crippen LogP contribution is -2.30. The molecule has 0 bridgehead atoms. The largest absolute Gasteiger partial charge is 0.472 e. The molecule has 0 saturated heterocycles. The number of ether oxygens (including phenoxy) is 4. The normalized spacial score (nSPS) is 14.2. The molecule has 0 amide bonds. The molecule has 6 atom stereocenters. The van der Waals surface area contributed by atoms with Crippen LogP contribution in [0.1, 0.15) is 427 Å². The summed E-state index contributed by atoms with van der Waals surface area (Å²) in [4.78, 5) is 72.7. The molecule has 0 rings (SSSR count). The fourth-order valence-corrected chi connectivity index (χ4v) is 14.1. The molecule has 594 valence electrons. The predicted molar refractivity (Wildman–Crippen MR) is 409 cm³/mol. The number of aliphatic hydroxyl groups is 1. The number of aliphatic hydroxyl groups excluding tert-OH is 1. The average molecular weight is 1470 g/mol. The minimum Gasteiger partial charge on any atom is -0.462 e. The van der Waals surface area contributed by atoms with Gasteiger partial charge in [0.2, 0.25) is 0 Å². The predicted octanol–water partition coefficient (Wildman–Crippen LogP) is 24.3. The van der Waals surface area contributed by atoms with E-state index in [1.54, 1.807) is 0 Å². The Morgan fingerprint density at radius 3 is 0.760 bits per heavy atom. The van der Waals surface area contributed by atoms with Crippen molar-refractivity contribution in [2.24, 2.45) is 11.8 Å². The maximum atomic E-state index is 13.1. The van der Waals surface area contributed by atoms with Crippen molar-refractivity contribution >= 4 is 39.5 Å². The number of hydrogen-bond acceptors (Lipinski definition) is 15. The highest BCUT2D eigenvalue weighted by Gasteiger charge is 2.30. The standard InChI is InChI=1S/C81H158O17P2/c1-7-10-12-14-15-16-17-18-24-32-37-42-47-53-59-65-80(85)97-76(69-91-78(83)63-57-49-13-11-8-2)71-95-99(87,88)93-67-75(82)68-94-100(89,90)96-72-77(70-92-79(84)64-58-52-46-41-36-31-28-23-25-29-34-39-44-50-55-61-73(4)5)98-81(86)66-60-54-48-43-38-33-27-22-20-19-21-26-30-35-40-45-51-56-62-74(6)9-3/h73-77,82H,7-72H2,1-6H3,(H,87,88)(H,89,90)/t74?,75-,76+,77+/m0/s1. The van der Waals surface area contributed by atoms with Gasteiger partial charge >= 0.3 is 39.5 Å². The molecule has 0 aliphatic carbocycles. The van der Waals surface area contributed by atoms with E-state index in [-0.39, 0.29) is 25.7 Å². The van der Waals surface area contributed by atoms with Crippen LogP contribution in [0.25, 0.3) is 0 Å². The van der Waals surface area contributed by atoms with Crippen molar-refractivity contribution in [3.05, 3.63) is 0 Å². The van der Waals surface area contributed by atoms with Gasteiger partial charge in [-0.3, -0.25) is 37.3 Å². The number of rotatable bonds is 80. The van der Waals surface area contributed by atoms with Crippen LogP contribution in [0, 0.1) is 11.8 Å².